The van der Waals surface area contributed by atoms with Crippen LogP contribution in [0.4, 0.5) is 4.39 Å². The van der Waals surface area contributed by atoms with E-state index in [9.17, 15) is 4.39 Å². The molecule has 1 N–H and O–H groups in total. The van der Waals surface area contributed by atoms with Gasteiger partial charge in [-0.3, -0.25) is 5.10 Å². The molecule has 9 heteroatoms. The summed E-state index contributed by atoms with van der Waals surface area (Å²) in [6.07, 6.45) is 0. The molecule has 0 radical (unpaired) electrons. The van der Waals surface area contributed by atoms with Crippen molar-refractivity contribution in [2.45, 2.75) is 20.1 Å². The smallest absolute Gasteiger partial charge is 0.182 e. The highest BCUT2D eigenvalue weighted by Gasteiger charge is 2.21. The topological polar surface area (TPSA) is 87.1 Å². The van der Waals surface area contributed by atoms with Gasteiger partial charge >= 0.3 is 0 Å². The molecular weight excluding hydrogens is 341 g/mol. The third-order valence-corrected chi connectivity index (χ3v) is 3.89. The summed E-state index contributed by atoms with van der Waals surface area (Å²) in [5, 5.41) is 11.1. The van der Waals surface area contributed by atoms with Crippen molar-refractivity contribution in [2.75, 3.05) is 21.3 Å². The molecule has 0 unspecified atom stereocenters. The summed E-state index contributed by atoms with van der Waals surface area (Å²) in [5.41, 5.74) is 1.30. The molecule has 0 saturated heterocycles. The van der Waals surface area contributed by atoms with Gasteiger partial charge in [0.15, 0.2) is 23.2 Å². The van der Waals surface area contributed by atoms with Gasteiger partial charge in [0.25, 0.3) is 0 Å². The average Bonchev–Trinajstić information content (AvgIpc) is 3.19. The lowest BCUT2D eigenvalue weighted by molar-refractivity contribution is 0.177. The molecule has 0 amide bonds. The fourth-order valence-corrected chi connectivity index (χ4v) is 2.57. The summed E-state index contributed by atoms with van der Waals surface area (Å²) in [6.45, 7) is 2.14. The zero-order valence-corrected chi connectivity index (χ0v) is 15.0. The highest BCUT2D eigenvalue weighted by Crippen LogP contribution is 2.27. The molecule has 0 saturated carbocycles. The third kappa shape index (κ3) is 3.38. The van der Waals surface area contributed by atoms with E-state index in [4.69, 9.17) is 14.2 Å². The van der Waals surface area contributed by atoms with E-state index in [0.29, 0.717) is 35.4 Å². The Morgan fingerprint density at radius 3 is 2.62 bits per heavy atom. The Kier molecular flexibility index (Phi) is 5.17. The number of benzene rings is 1. The van der Waals surface area contributed by atoms with E-state index >= 15 is 0 Å². The average molecular weight is 361 g/mol. The van der Waals surface area contributed by atoms with Crippen molar-refractivity contribution in [3.8, 4) is 23.0 Å². The minimum Gasteiger partial charge on any atom is -0.497 e. The number of halogens is 1. The van der Waals surface area contributed by atoms with Crippen molar-refractivity contribution in [3.05, 3.63) is 41.1 Å². The fraction of sp³-hybridized carbons (Fsp3) is 0.353. The van der Waals surface area contributed by atoms with Crippen molar-refractivity contribution in [1.82, 2.24) is 25.0 Å². The molecule has 0 fully saturated rings. The van der Waals surface area contributed by atoms with E-state index in [1.54, 1.807) is 39.0 Å². The van der Waals surface area contributed by atoms with Crippen LogP contribution < -0.4 is 9.47 Å². The molecule has 2 aromatic heterocycles. The lowest BCUT2D eigenvalue weighted by Gasteiger charge is -2.11. The number of ether oxygens (including phenoxy) is 3. The minimum absolute atomic E-state index is 0.116. The van der Waals surface area contributed by atoms with Gasteiger partial charge in [0.2, 0.25) is 0 Å². The highest BCUT2D eigenvalue weighted by atomic mass is 19.1. The molecule has 3 aromatic rings. The number of aromatic amines is 1. The third-order valence-electron chi connectivity index (χ3n) is 3.89. The Morgan fingerprint density at radius 2 is 2.00 bits per heavy atom. The molecule has 1 aromatic carbocycles. The molecular formula is C17H20FN5O3. The molecule has 26 heavy (non-hydrogen) atoms. The SMILES string of the molecule is COCc1nc(-c2n[nH]c(C)c2F)n(Cc2ccc(OC)cc2OC)n1. The summed E-state index contributed by atoms with van der Waals surface area (Å²) >= 11 is 0. The molecule has 0 aliphatic rings. The van der Waals surface area contributed by atoms with Crippen molar-refractivity contribution in [1.29, 1.82) is 0 Å². The number of methoxy groups -OCH3 is 3. The maximum atomic E-state index is 14.4. The number of hydrogen-bond donors (Lipinski definition) is 1. The van der Waals surface area contributed by atoms with E-state index in [2.05, 4.69) is 20.3 Å². The van der Waals surface area contributed by atoms with Crippen LogP contribution in [0.1, 0.15) is 17.1 Å². The van der Waals surface area contributed by atoms with E-state index in [0.717, 1.165) is 5.56 Å². The molecule has 0 bridgehead atoms. The standard InChI is InChI=1S/C17H20FN5O3/c1-10-15(18)16(21-20-10)17-19-14(9-24-2)22-23(17)8-11-5-6-12(25-3)7-13(11)26-4/h5-7H,8-9H2,1-4H3,(H,20,21). The zero-order valence-electron chi connectivity index (χ0n) is 15.0. The van der Waals surface area contributed by atoms with Gasteiger partial charge in [0, 0.05) is 18.7 Å². The van der Waals surface area contributed by atoms with E-state index in [-0.39, 0.29) is 12.3 Å². The number of aryl methyl sites for hydroxylation is 1. The largest absolute Gasteiger partial charge is 0.497 e. The fourth-order valence-electron chi connectivity index (χ4n) is 2.57. The maximum Gasteiger partial charge on any atom is 0.182 e. The molecule has 138 valence electrons. The second-order valence-electron chi connectivity index (χ2n) is 5.63. The summed E-state index contributed by atoms with van der Waals surface area (Å²) in [7, 11) is 4.71. The predicted octanol–water partition coefficient (Wildman–Crippen LogP) is 2.33. The summed E-state index contributed by atoms with van der Waals surface area (Å²) in [4.78, 5) is 4.37. The van der Waals surface area contributed by atoms with Gasteiger partial charge in [-0.1, -0.05) is 0 Å². The molecule has 2 heterocycles. The van der Waals surface area contributed by atoms with E-state index < -0.39 is 5.82 Å². The first-order chi connectivity index (χ1) is 12.6. The quantitative estimate of drug-likeness (QED) is 0.695. The van der Waals surface area contributed by atoms with Crippen LogP contribution in [0.5, 0.6) is 11.5 Å². The van der Waals surface area contributed by atoms with Crippen molar-refractivity contribution in [2.24, 2.45) is 0 Å². The van der Waals surface area contributed by atoms with Gasteiger partial charge in [-0.15, -0.1) is 0 Å². The number of aromatic nitrogens is 5. The Hall–Kier alpha value is -2.94. The van der Waals surface area contributed by atoms with Gasteiger partial charge in [0.05, 0.1) is 26.5 Å². The Morgan fingerprint density at radius 1 is 1.19 bits per heavy atom. The Labute approximate surface area is 149 Å². The monoisotopic (exact) mass is 361 g/mol. The predicted molar refractivity (Wildman–Crippen MR) is 91.7 cm³/mol. The summed E-state index contributed by atoms with van der Waals surface area (Å²) in [5.74, 6) is 1.62. The van der Waals surface area contributed by atoms with Crippen LogP contribution in [0.2, 0.25) is 0 Å². The lowest BCUT2D eigenvalue weighted by Crippen LogP contribution is -2.07. The number of nitrogens with one attached hydrogen (secondary N) is 1. The molecule has 8 nitrogen and oxygen atoms in total. The van der Waals surface area contributed by atoms with Crippen molar-refractivity contribution < 1.29 is 18.6 Å². The second kappa shape index (κ2) is 7.52. The molecule has 0 aliphatic carbocycles. The second-order valence-corrected chi connectivity index (χ2v) is 5.63. The number of rotatable bonds is 7. The Balaban J connectivity index is 2.03. The van der Waals surface area contributed by atoms with Crippen LogP contribution in [0.25, 0.3) is 11.5 Å². The van der Waals surface area contributed by atoms with Crippen LogP contribution in [0.3, 0.4) is 0 Å². The maximum absolute atomic E-state index is 14.4. The summed E-state index contributed by atoms with van der Waals surface area (Å²) < 4.78 is 31.7. The van der Waals surface area contributed by atoms with Gasteiger partial charge in [0.1, 0.15) is 18.1 Å². The van der Waals surface area contributed by atoms with Crippen LogP contribution >= 0.6 is 0 Å². The van der Waals surface area contributed by atoms with Crippen LogP contribution in [-0.4, -0.2) is 46.3 Å². The van der Waals surface area contributed by atoms with Crippen molar-refractivity contribution in [3.63, 3.8) is 0 Å². The molecule has 0 atom stereocenters. The highest BCUT2D eigenvalue weighted by molar-refractivity contribution is 5.51. The first kappa shape index (κ1) is 17.9. The normalized spacial score (nSPS) is 11.0. The minimum atomic E-state index is -0.454. The van der Waals surface area contributed by atoms with E-state index in [1.165, 1.54) is 0 Å². The first-order valence-corrected chi connectivity index (χ1v) is 7.91. The van der Waals surface area contributed by atoms with Gasteiger partial charge in [-0.05, 0) is 19.1 Å². The van der Waals surface area contributed by atoms with E-state index in [1.807, 2.05) is 12.1 Å². The van der Waals surface area contributed by atoms with Gasteiger partial charge in [-0.25, -0.2) is 14.1 Å². The molecule has 3 rings (SSSR count). The number of nitrogens with zero attached hydrogens (tertiary/aromatic N) is 4. The molecule has 0 aliphatic heterocycles. The van der Waals surface area contributed by atoms with Crippen LogP contribution in [0, 0.1) is 12.7 Å². The number of H-pyrrole nitrogens is 1. The lowest BCUT2D eigenvalue weighted by atomic mass is 10.2. The van der Waals surface area contributed by atoms with Crippen LogP contribution in [0.15, 0.2) is 18.2 Å². The molecule has 0 spiro atoms. The van der Waals surface area contributed by atoms with Gasteiger partial charge in [-0.2, -0.15) is 10.2 Å². The first-order valence-electron chi connectivity index (χ1n) is 7.91. The van der Waals surface area contributed by atoms with Crippen LogP contribution in [-0.2, 0) is 17.9 Å². The zero-order chi connectivity index (χ0) is 18.7. The van der Waals surface area contributed by atoms with Gasteiger partial charge < -0.3 is 14.2 Å². The summed E-state index contributed by atoms with van der Waals surface area (Å²) in [6, 6.07) is 5.47. The number of hydrogen-bond acceptors (Lipinski definition) is 6. The Bertz CT molecular complexity index is 906. The van der Waals surface area contributed by atoms with Crippen molar-refractivity contribution >= 4 is 0 Å².